The molecule has 0 rings (SSSR count). The molecule has 10 heavy (non-hydrogen) atoms. The molecule has 5 N–H and O–H groups in total. The molecule has 1 amide bonds. The van der Waals surface area contributed by atoms with Crippen LogP contribution in [-0.2, 0) is 4.79 Å². The van der Waals surface area contributed by atoms with Crippen molar-refractivity contribution in [1.29, 1.82) is 0 Å². The third-order valence-electron chi connectivity index (χ3n) is 1.11. The summed E-state index contributed by atoms with van der Waals surface area (Å²) in [6, 6.07) is 0. The van der Waals surface area contributed by atoms with Gasteiger partial charge >= 0.3 is 0 Å². The Bertz CT molecular complexity index is 125. The fourth-order valence-corrected chi connectivity index (χ4v) is 0.432. The van der Waals surface area contributed by atoms with Crippen LogP contribution in [0.15, 0.2) is 0 Å². The van der Waals surface area contributed by atoms with E-state index in [4.69, 9.17) is 15.3 Å². The Kier molecular flexibility index (Phi) is 3.27. The van der Waals surface area contributed by atoms with Crippen LogP contribution in [0.1, 0.15) is 6.92 Å². The van der Waals surface area contributed by atoms with Crippen LogP contribution in [0.25, 0.3) is 0 Å². The Labute approximate surface area is 58.1 Å². The van der Waals surface area contributed by atoms with Crippen LogP contribution < -0.4 is 5.73 Å². The van der Waals surface area contributed by atoms with Gasteiger partial charge in [0.25, 0.3) is 0 Å². The molecular weight excluding hydrogens is 138 g/mol. The van der Waals surface area contributed by atoms with E-state index in [1.807, 2.05) is 0 Å². The summed E-state index contributed by atoms with van der Waals surface area (Å²) in [5.74, 6) is -1.05. The van der Waals surface area contributed by atoms with Crippen molar-refractivity contribution in [3.8, 4) is 0 Å². The summed E-state index contributed by atoms with van der Waals surface area (Å²) in [5, 5.41) is 26.1. The number of rotatable bonds is 3. The van der Waals surface area contributed by atoms with E-state index in [0.29, 0.717) is 0 Å². The smallest absolute Gasteiger partial charge is 0.249 e. The number of aliphatic hydroxyl groups excluding tert-OH is 3. The number of hydrogen-bond donors (Lipinski definition) is 4. The average Bonchev–Trinajstić information content (AvgIpc) is 1.84. The first-order chi connectivity index (χ1) is 4.46. The van der Waals surface area contributed by atoms with Gasteiger partial charge in [0.15, 0.2) is 6.10 Å². The predicted octanol–water partition coefficient (Wildman–Crippen LogP) is -2.43. The van der Waals surface area contributed by atoms with Gasteiger partial charge in [-0.25, -0.2) is 0 Å². The minimum absolute atomic E-state index is 1.05. The lowest BCUT2D eigenvalue weighted by molar-refractivity contribution is -0.136. The number of primary amides is 1. The van der Waals surface area contributed by atoms with Crippen molar-refractivity contribution in [2.24, 2.45) is 5.73 Å². The van der Waals surface area contributed by atoms with Crippen LogP contribution in [0.5, 0.6) is 0 Å². The van der Waals surface area contributed by atoms with E-state index in [1.54, 1.807) is 0 Å². The lowest BCUT2D eigenvalue weighted by atomic mass is 10.1. The predicted molar refractivity (Wildman–Crippen MR) is 32.9 cm³/mol. The van der Waals surface area contributed by atoms with E-state index in [0.717, 1.165) is 0 Å². The molecule has 0 bridgehead atoms. The lowest BCUT2D eigenvalue weighted by Gasteiger charge is -2.16. The maximum absolute atomic E-state index is 10.1. The topological polar surface area (TPSA) is 104 Å². The summed E-state index contributed by atoms with van der Waals surface area (Å²) >= 11 is 0. The SMILES string of the molecule is C[C@H](O)[C@H](O)[C@@H](O)C(N)=O. The molecule has 0 unspecified atom stereocenters. The van der Waals surface area contributed by atoms with Crippen molar-refractivity contribution in [2.75, 3.05) is 0 Å². The largest absolute Gasteiger partial charge is 0.391 e. The monoisotopic (exact) mass is 149 g/mol. The van der Waals surface area contributed by atoms with Crippen molar-refractivity contribution in [3.05, 3.63) is 0 Å². The molecule has 0 aromatic carbocycles. The number of amides is 1. The number of nitrogens with two attached hydrogens (primary N) is 1. The highest BCUT2D eigenvalue weighted by atomic mass is 16.4. The number of carbonyl (C=O) groups is 1. The van der Waals surface area contributed by atoms with E-state index in [1.165, 1.54) is 6.92 Å². The molecule has 60 valence electrons. The maximum Gasteiger partial charge on any atom is 0.249 e. The van der Waals surface area contributed by atoms with Gasteiger partial charge in [-0.1, -0.05) is 0 Å². The van der Waals surface area contributed by atoms with Crippen LogP contribution in [0.2, 0.25) is 0 Å². The molecule has 5 heteroatoms. The van der Waals surface area contributed by atoms with E-state index in [-0.39, 0.29) is 0 Å². The maximum atomic E-state index is 10.1. The van der Waals surface area contributed by atoms with E-state index in [9.17, 15) is 4.79 Å². The summed E-state index contributed by atoms with van der Waals surface area (Å²) in [6.45, 7) is 1.25. The number of carbonyl (C=O) groups excluding carboxylic acids is 1. The molecule has 5 nitrogen and oxygen atoms in total. The molecule has 0 aliphatic rings. The normalized spacial score (nSPS) is 19.6. The fourth-order valence-electron chi connectivity index (χ4n) is 0.432. The van der Waals surface area contributed by atoms with E-state index < -0.39 is 24.2 Å². The van der Waals surface area contributed by atoms with Crippen molar-refractivity contribution in [2.45, 2.75) is 25.2 Å². The minimum Gasteiger partial charge on any atom is -0.391 e. The Morgan fingerprint density at radius 3 is 1.90 bits per heavy atom. The molecule has 0 aliphatic carbocycles. The average molecular weight is 149 g/mol. The Balaban J connectivity index is 3.94. The molecule has 0 radical (unpaired) electrons. The first-order valence-electron chi connectivity index (χ1n) is 2.80. The zero-order valence-electron chi connectivity index (χ0n) is 5.56. The van der Waals surface area contributed by atoms with Crippen LogP contribution in [0.3, 0.4) is 0 Å². The standard InChI is InChI=1S/C5H11NO4/c1-2(7)3(8)4(9)5(6)10/h2-4,7-9H,1H3,(H2,6,10)/t2-,3-,4+/m0/s1. The summed E-state index contributed by atoms with van der Waals surface area (Å²) in [6.07, 6.45) is -4.36. The van der Waals surface area contributed by atoms with Crippen LogP contribution in [-0.4, -0.2) is 39.5 Å². The third-order valence-corrected chi connectivity index (χ3v) is 1.11. The summed E-state index contributed by atoms with van der Waals surface area (Å²) in [4.78, 5) is 10.1. The van der Waals surface area contributed by atoms with Crippen molar-refractivity contribution in [1.82, 2.24) is 0 Å². The first-order valence-corrected chi connectivity index (χ1v) is 2.80. The second-order valence-corrected chi connectivity index (χ2v) is 2.08. The molecule has 0 aromatic heterocycles. The van der Waals surface area contributed by atoms with Gasteiger partial charge in [-0.2, -0.15) is 0 Å². The molecule has 0 saturated carbocycles. The van der Waals surface area contributed by atoms with Gasteiger partial charge in [0.1, 0.15) is 6.10 Å². The molecular formula is C5H11NO4. The van der Waals surface area contributed by atoms with Crippen LogP contribution in [0.4, 0.5) is 0 Å². The highest BCUT2D eigenvalue weighted by Crippen LogP contribution is 1.97. The highest BCUT2D eigenvalue weighted by Gasteiger charge is 2.25. The molecule has 3 atom stereocenters. The van der Waals surface area contributed by atoms with Gasteiger partial charge in [0.05, 0.1) is 6.10 Å². The fraction of sp³-hybridized carbons (Fsp3) is 0.800. The van der Waals surface area contributed by atoms with Gasteiger partial charge in [-0.05, 0) is 6.92 Å². The quantitative estimate of drug-likeness (QED) is 0.358. The van der Waals surface area contributed by atoms with E-state index in [2.05, 4.69) is 5.73 Å². The number of aliphatic hydroxyl groups is 3. The van der Waals surface area contributed by atoms with Crippen LogP contribution in [0, 0.1) is 0 Å². The zero-order chi connectivity index (χ0) is 8.31. The number of hydrogen-bond acceptors (Lipinski definition) is 4. The molecule has 0 spiro atoms. The Hall–Kier alpha value is -0.650. The minimum atomic E-state index is -1.69. The Morgan fingerprint density at radius 1 is 1.40 bits per heavy atom. The van der Waals surface area contributed by atoms with Gasteiger partial charge in [-0.15, -0.1) is 0 Å². The summed E-state index contributed by atoms with van der Waals surface area (Å²) in [7, 11) is 0. The molecule has 0 saturated heterocycles. The molecule has 0 fully saturated rings. The van der Waals surface area contributed by atoms with Gasteiger partial charge < -0.3 is 21.1 Å². The summed E-state index contributed by atoms with van der Waals surface area (Å²) in [5.41, 5.74) is 4.61. The zero-order valence-corrected chi connectivity index (χ0v) is 5.56. The van der Waals surface area contributed by atoms with E-state index >= 15 is 0 Å². The highest BCUT2D eigenvalue weighted by molar-refractivity contribution is 5.79. The molecule has 0 heterocycles. The van der Waals surface area contributed by atoms with Crippen molar-refractivity contribution in [3.63, 3.8) is 0 Å². The van der Waals surface area contributed by atoms with Gasteiger partial charge in [0, 0.05) is 0 Å². The Morgan fingerprint density at radius 2 is 1.80 bits per heavy atom. The first kappa shape index (κ1) is 9.35. The second-order valence-electron chi connectivity index (χ2n) is 2.08. The van der Waals surface area contributed by atoms with Gasteiger partial charge in [-0.3, -0.25) is 4.79 Å². The third kappa shape index (κ3) is 2.30. The second kappa shape index (κ2) is 3.50. The van der Waals surface area contributed by atoms with Crippen molar-refractivity contribution >= 4 is 5.91 Å². The molecule has 0 aliphatic heterocycles. The van der Waals surface area contributed by atoms with Crippen LogP contribution >= 0.6 is 0 Å². The van der Waals surface area contributed by atoms with Gasteiger partial charge in [0.2, 0.25) is 5.91 Å². The summed E-state index contributed by atoms with van der Waals surface area (Å²) < 4.78 is 0. The van der Waals surface area contributed by atoms with Crippen molar-refractivity contribution < 1.29 is 20.1 Å². The lowest BCUT2D eigenvalue weighted by Crippen LogP contribution is -2.44. The molecule has 0 aromatic rings.